The molecule has 2 rings (SSSR count). The van der Waals surface area contributed by atoms with Gasteiger partial charge in [0.15, 0.2) is 0 Å². The highest BCUT2D eigenvalue weighted by Crippen LogP contribution is 2.13. The molecule has 8 nitrogen and oxygen atoms in total. The maximum atomic E-state index is 11.4. The molecule has 2 heterocycles. The van der Waals surface area contributed by atoms with Crippen LogP contribution in [0.1, 0.15) is 16.1 Å². The number of aryl methyl sites for hydroxylation is 1. The zero-order valence-electron chi connectivity index (χ0n) is 11.5. The van der Waals surface area contributed by atoms with Gasteiger partial charge >= 0.3 is 5.97 Å². The van der Waals surface area contributed by atoms with Gasteiger partial charge in [-0.1, -0.05) is 0 Å². The third-order valence-corrected chi connectivity index (χ3v) is 4.77. The molecule has 112 valence electrons. The molecule has 9 heteroatoms. The van der Waals surface area contributed by atoms with Crippen molar-refractivity contribution in [2.45, 2.75) is 6.54 Å². The van der Waals surface area contributed by atoms with Gasteiger partial charge in [0.05, 0.1) is 18.1 Å². The Morgan fingerprint density at radius 2 is 1.95 bits per heavy atom. The van der Waals surface area contributed by atoms with Crippen LogP contribution in [0.4, 0.5) is 0 Å². The van der Waals surface area contributed by atoms with Gasteiger partial charge in [-0.3, -0.25) is 9.58 Å². The van der Waals surface area contributed by atoms with E-state index in [4.69, 9.17) is 5.11 Å². The molecule has 1 N–H and O–H groups in total. The average Bonchev–Trinajstić information content (AvgIpc) is 2.71. The number of carboxylic acid groups (broad SMARTS) is 1. The highest BCUT2D eigenvalue weighted by molar-refractivity contribution is 7.88. The van der Waals surface area contributed by atoms with Crippen LogP contribution in [0.5, 0.6) is 0 Å². The van der Waals surface area contributed by atoms with Crippen LogP contribution >= 0.6 is 0 Å². The van der Waals surface area contributed by atoms with Crippen LogP contribution in [0.25, 0.3) is 0 Å². The van der Waals surface area contributed by atoms with Gasteiger partial charge in [0, 0.05) is 39.8 Å². The molecule has 0 amide bonds. The Labute approximate surface area is 117 Å². The van der Waals surface area contributed by atoms with Crippen LogP contribution in [-0.2, 0) is 23.6 Å². The Kier molecular flexibility index (Phi) is 4.11. The predicted molar refractivity (Wildman–Crippen MR) is 71.9 cm³/mol. The molecule has 0 aromatic carbocycles. The molecule has 0 saturated carbocycles. The van der Waals surface area contributed by atoms with E-state index >= 15 is 0 Å². The van der Waals surface area contributed by atoms with Gasteiger partial charge in [0.25, 0.3) is 0 Å². The zero-order chi connectivity index (χ0) is 14.9. The van der Waals surface area contributed by atoms with Gasteiger partial charge in [-0.15, -0.1) is 0 Å². The van der Waals surface area contributed by atoms with Crippen molar-refractivity contribution < 1.29 is 18.3 Å². The summed E-state index contributed by atoms with van der Waals surface area (Å²) in [6, 6.07) is 0. The van der Waals surface area contributed by atoms with Crippen molar-refractivity contribution in [3.63, 3.8) is 0 Å². The summed E-state index contributed by atoms with van der Waals surface area (Å²) in [5.74, 6) is -0.997. The molecule has 1 aromatic heterocycles. The van der Waals surface area contributed by atoms with Crippen molar-refractivity contribution in [1.82, 2.24) is 19.0 Å². The topological polar surface area (TPSA) is 95.7 Å². The Bertz CT molecular complexity index is 602. The number of nitrogens with zero attached hydrogens (tertiary/aromatic N) is 4. The van der Waals surface area contributed by atoms with Crippen molar-refractivity contribution in [3.05, 3.63) is 17.5 Å². The first-order chi connectivity index (χ1) is 9.29. The van der Waals surface area contributed by atoms with Gasteiger partial charge in [-0.05, 0) is 0 Å². The fourth-order valence-electron chi connectivity index (χ4n) is 2.26. The van der Waals surface area contributed by atoms with E-state index < -0.39 is 16.0 Å². The summed E-state index contributed by atoms with van der Waals surface area (Å²) >= 11 is 0. The third kappa shape index (κ3) is 3.17. The second-order valence-electron chi connectivity index (χ2n) is 4.87. The van der Waals surface area contributed by atoms with Crippen molar-refractivity contribution in [2.24, 2.45) is 7.05 Å². The molecule has 1 aliphatic heterocycles. The van der Waals surface area contributed by atoms with Crippen LogP contribution in [-0.4, -0.2) is 70.9 Å². The van der Waals surface area contributed by atoms with Gasteiger partial charge < -0.3 is 5.11 Å². The number of sulfonamides is 1. The first-order valence-electron chi connectivity index (χ1n) is 6.20. The number of rotatable bonds is 4. The van der Waals surface area contributed by atoms with E-state index in [9.17, 15) is 13.2 Å². The largest absolute Gasteiger partial charge is 0.478 e. The third-order valence-electron chi connectivity index (χ3n) is 3.47. The van der Waals surface area contributed by atoms with Gasteiger partial charge in [-0.2, -0.15) is 9.40 Å². The maximum absolute atomic E-state index is 11.4. The zero-order valence-corrected chi connectivity index (χ0v) is 12.3. The lowest BCUT2D eigenvalue weighted by Crippen LogP contribution is -2.48. The molecular formula is C11H18N4O4S. The monoisotopic (exact) mass is 302 g/mol. The van der Waals surface area contributed by atoms with Crippen LogP contribution < -0.4 is 0 Å². The molecule has 1 saturated heterocycles. The number of aromatic nitrogens is 2. The molecule has 0 radical (unpaired) electrons. The van der Waals surface area contributed by atoms with E-state index in [1.165, 1.54) is 16.8 Å². The second kappa shape index (κ2) is 5.51. The minimum Gasteiger partial charge on any atom is -0.478 e. The minimum absolute atomic E-state index is 0.193. The number of hydrogen-bond donors (Lipinski definition) is 1. The smallest absolute Gasteiger partial charge is 0.339 e. The fraction of sp³-hybridized carbons (Fsp3) is 0.636. The molecule has 1 aliphatic rings. The Hall–Kier alpha value is -1.45. The van der Waals surface area contributed by atoms with E-state index in [-0.39, 0.29) is 5.56 Å². The maximum Gasteiger partial charge on any atom is 0.339 e. The first kappa shape index (κ1) is 14.9. The van der Waals surface area contributed by atoms with E-state index in [0.29, 0.717) is 38.4 Å². The highest BCUT2D eigenvalue weighted by atomic mass is 32.2. The summed E-state index contributed by atoms with van der Waals surface area (Å²) in [6.45, 7) is 2.47. The average molecular weight is 302 g/mol. The molecule has 1 fully saturated rings. The van der Waals surface area contributed by atoms with Crippen LogP contribution in [0.3, 0.4) is 0 Å². The van der Waals surface area contributed by atoms with Crippen molar-refractivity contribution in [1.29, 1.82) is 0 Å². The summed E-state index contributed by atoms with van der Waals surface area (Å²) in [5, 5.41) is 13.1. The Morgan fingerprint density at radius 3 is 2.45 bits per heavy atom. The highest BCUT2D eigenvalue weighted by Gasteiger charge is 2.25. The van der Waals surface area contributed by atoms with Crippen molar-refractivity contribution in [2.75, 3.05) is 32.4 Å². The number of carboxylic acids is 1. The number of hydrogen-bond acceptors (Lipinski definition) is 5. The van der Waals surface area contributed by atoms with Gasteiger partial charge in [-0.25, -0.2) is 13.2 Å². The molecule has 1 aromatic rings. The molecule has 0 aliphatic carbocycles. The van der Waals surface area contributed by atoms with Crippen LogP contribution in [0, 0.1) is 0 Å². The number of carbonyl (C=O) groups is 1. The first-order valence-corrected chi connectivity index (χ1v) is 8.05. The van der Waals surface area contributed by atoms with Crippen LogP contribution in [0.15, 0.2) is 6.20 Å². The summed E-state index contributed by atoms with van der Waals surface area (Å²) in [5.41, 5.74) is 0.823. The summed E-state index contributed by atoms with van der Waals surface area (Å²) < 4.78 is 25.8. The molecule has 0 unspecified atom stereocenters. The van der Waals surface area contributed by atoms with E-state index in [1.807, 2.05) is 4.90 Å². The molecule has 0 atom stereocenters. The summed E-state index contributed by atoms with van der Waals surface area (Å²) in [6.07, 6.45) is 2.54. The lowest BCUT2D eigenvalue weighted by atomic mass is 10.2. The fourth-order valence-corrected chi connectivity index (χ4v) is 3.09. The quantitative estimate of drug-likeness (QED) is 0.782. The number of piperazine rings is 1. The van der Waals surface area contributed by atoms with Crippen molar-refractivity contribution in [3.8, 4) is 0 Å². The van der Waals surface area contributed by atoms with E-state index in [1.54, 1.807) is 11.7 Å². The summed E-state index contributed by atoms with van der Waals surface area (Å²) in [4.78, 5) is 13.1. The lowest BCUT2D eigenvalue weighted by Gasteiger charge is -2.33. The second-order valence-corrected chi connectivity index (χ2v) is 6.85. The molecule has 0 spiro atoms. The Morgan fingerprint density at radius 1 is 1.35 bits per heavy atom. The predicted octanol–water partition coefficient (Wildman–Crippen LogP) is -0.804. The normalized spacial score (nSPS) is 18.3. The van der Waals surface area contributed by atoms with Gasteiger partial charge in [0.2, 0.25) is 10.0 Å². The number of aromatic carboxylic acids is 1. The minimum atomic E-state index is -3.15. The molecule has 0 bridgehead atoms. The van der Waals surface area contributed by atoms with Gasteiger partial charge in [0.1, 0.15) is 5.56 Å². The standard InChI is InChI=1S/C11H18N4O4S/c1-13-10(9(7-12-13)11(16)17)8-14-3-5-15(6-4-14)20(2,18)19/h7H,3-6,8H2,1-2H3,(H,16,17). The molecule has 20 heavy (non-hydrogen) atoms. The molecular weight excluding hydrogens is 284 g/mol. The Balaban J connectivity index is 2.03. The SMILES string of the molecule is Cn1ncc(C(=O)O)c1CN1CCN(S(C)(=O)=O)CC1. The lowest BCUT2D eigenvalue weighted by molar-refractivity contribution is 0.0693. The van der Waals surface area contributed by atoms with Crippen molar-refractivity contribution >= 4 is 16.0 Å². The van der Waals surface area contributed by atoms with E-state index in [0.717, 1.165) is 0 Å². The summed E-state index contributed by atoms with van der Waals surface area (Å²) in [7, 11) is -1.44. The van der Waals surface area contributed by atoms with E-state index in [2.05, 4.69) is 5.10 Å². The van der Waals surface area contributed by atoms with Crippen LogP contribution in [0.2, 0.25) is 0 Å².